The maximum Gasteiger partial charge on any atom is 0.306 e. The first-order valence-electron chi connectivity index (χ1n) is 3.93. The Hall–Kier alpha value is -0.530. The fourth-order valence-corrected chi connectivity index (χ4v) is 1.02. The molecule has 0 spiro atoms. The van der Waals surface area contributed by atoms with E-state index < -0.39 is 5.97 Å². The summed E-state index contributed by atoms with van der Waals surface area (Å²) in [6.45, 7) is 1.78. The van der Waals surface area contributed by atoms with Crippen LogP contribution in [0.3, 0.4) is 0 Å². The van der Waals surface area contributed by atoms with Gasteiger partial charge in [0.15, 0.2) is 0 Å². The molecule has 1 aliphatic carbocycles. The van der Waals surface area contributed by atoms with Crippen molar-refractivity contribution in [3.8, 4) is 0 Å². The largest absolute Gasteiger partial charge is 0.481 e. The number of hydrogen-bond donors (Lipinski definition) is 1. The first kappa shape index (κ1) is 7.58. The van der Waals surface area contributed by atoms with Crippen molar-refractivity contribution in [3.63, 3.8) is 0 Å². The van der Waals surface area contributed by atoms with Gasteiger partial charge in [-0.25, -0.2) is 0 Å². The summed E-state index contributed by atoms with van der Waals surface area (Å²) in [5.74, 6) is 0.0723. The molecule has 10 heavy (non-hydrogen) atoms. The van der Waals surface area contributed by atoms with E-state index in [0.717, 1.165) is 18.8 Å². The van der Waals surface area contributed by atoms with Crippen molar-refractivity contribution >= 4 is 5.97 Å². The van der Waals surface area contributed by atoms with E-state index >= 15 is 0 Å². The second kappa shape index (κ2) is 3.04. The van der Waals surface area contributed by atoms with Gasteiger partial charge in [-0.2, -0.15) is 0 Å². The molecule has 1 saturated carbocycles. The molecule has 0 aliphatic heterocycles. The SMILES string of the molecule is C[C@@H](CCC1CC1)C(=O)O. The van der Waals surface area contributed by atoms with Crippen molar-refractivity contribution in [1.82, 2.24) is 0 Å². The highest BCUT2D eigenvalue weighted by Gasteiger charge is 2.22. The van der Waals surface area contributed by atoms with Crippen LogP contribution in [0.15, 0.2) is 0 Å². The molecule has 2 nitrogen and oxygen atoms in total. The molecule has 0 unspecified atom stereocenters. The lowest BCUT2D eigenvalue weighted by atomic mass is 10.0. The molecular weight excluding hydrogens is 128 g/mol. The summed E-state index contributed by atoms with van der Waals surface area (Å²) < 4.78 is 0. The second-order valence-electron chi connectivity index (χ2n) is 3.26. The number of carboxylic acid groups (broad SMARTS) is 1. The normalized spacial score (nSPS) is 20.5. The summed E-state index contributed by atoms with van der Waals surface area (Å²) in [5.41, 5.74) is 0. The van der Waals surface area contributed by atoms with Gasteiger partial charge in [-0.05, 0) is 18.8 Å². The lowest BCUT2D eigenvalue weighted by Crippen LogP contribution is -2.09. The summed E-state index contributed by atoms with van der Waals surface area (Å²) in [6, 6.07) is 0. The standard InChI is InChI=1S/C8H14O2/c1-6(8(9)10)2-3-7-4-5-7/h6-7H,2-5H2,1H3,(H,9,10)/t6-/m0/s1. The molecule has 1 fully saturated rings. The Labute approximate surface area is 61.2 Å². The lowest BCUT2D eigenvalue weighted by Gasteiger charge is -2.02. The van der Waals surface area contributed by atoms with Crippen molar-refractivity contribution in [2.24, 2.45) is 11.8 Å². The average Bonchev–Trinajstić information content (AvgIpc) is 2.64. The van der Waals surface area contributed by atoms with Crippen molar-refractivity contribution in [1.29, 1.82) is 0 Å². The zero-order valence-electron chi connectivity index (χ0n) is 6.34. The summed E-state index contributed by atoms with van der Waals surface area (Å²) >= 11 is 0. The fraction of sp³-hybridized carbons (Fsp3) is 0.875. The molecule has 1 atom stereocenters. The van der Waals surface area contributed by atoms with Crippen LogP contribution >= 0.6 is 0 Å². The predicted molar refractivity (Wildman–Crippen MR) is 38.8 cm³/mol. The van der Waals surface area contributed by atoms with Crippen molar-refractivity contribution in [3.05, 3.63) is 0 Å². The van der Waals surface area contributed by atoms with Gasteiger partial charge >= 0.3 is 5.97 Å². The van der Waals surface area contributed by atoms with Gasteiger partial charge in [0.1, 0.15) is 0 Å². The van der Waals surface area contributed by atoms with Gasteiger partial charge in [-0.1, -0.05) is 19.8 Å². The van der Waals surface area contributed by atoms with Crippen molar-refractivity contribution in [2.45, 2.75) is 32.6 Å². The predicted octanol–water partition coefficient (Wildman–Crippen LogP) is 1.90. The van der Waals surface area contributed by atoms with Crippen LogP contribution in [0.5, 0.6) is 0 Å². The molecule has 1 aliphatic rings. The Balaban J connectivity index is 2.05. The lowest BCUT2D eigenvalue weighted by molar-refractivity contribution is -0.141. The Morgan fingerprint density at radius 3 is 2.70 bits per heavy atom. The van der Waals surface area contributed by atoms with Crippen LogP contribution in [-0.4, -0.2) is 11.1 Å². The first-order chi connectivity index (χ1) is 4.70. The van der Waals surface area contributed by atoms with E-state index in [4.69, 9.17) is 5.11 Å². The van der Waals surface area contributed by atoms with Crippen LogP contribution in [0.25, 0.3) is 0 Å². The molecule has 0 saturated heterocycles. The van der Waals surface area contributed by atoms with Gasteiger partial charge in [-0.15, -0.1) is 0 Å². The van der Waals surface area contributed by atoms with E-state index in [1.54, 1.807) is 6.92 Å². The quantitative estimate of drug-likeness (QED) is 0.650. The molecule has 0 amide bonds. The molecule has 1 rings (SSSR count). The van der Waals surface area contributed by atoms with Gasteiger partial charge in [-0.3, -0.25) is 4.79 Å². The van der Waals surface area contributed by atoms with Gasteiger partial charge in [0.25, 0.3) is 0 Å². The maximum atomic E-state index is 10.3. The summed E-state index contributed by atoms with van der Waals surface area (Å²) in [4.78, 5) is 10.3. The average molecular weight is 142 g/mol. The minimum Gasteiger partial charge on any atom is -0.481 e. The Morgan fingerprint density at radius 2 is 2.30 bits per heavy atom. The van der Waals surface area contributed by atoms with E-state index in [0.29, 0.717) is 0 Å². The fourth-order valence-electron chi connectivity index (χ4n) is 1.02. The van der Waals surface area contributed by atoms with E-state index in [-0.39, 0.29) is 5.92 Å². The molecule has 0 aromatic carbocycles. The number of hydrogen-bond acceptors (Lipinski definition) is 1. The minimum absolute atomic E-state index is 0.138. The molecule has 1 N–H and O–H groups in total. The van der Waals surface area contributed by atoms with E-state index in [2.05, 4.69) is 0 Å². The second-order valence-corrected chi connectivity index (χ2v) is 3.26. The van der Waals surface area contributed by atoms with Gasteiger partial charge < -0.3 is 5.11 Å². The van der Waals surface area contributed by atoms with Gasteiger partial charge in [0.2, 0.25) is 0 Å². The van der Waals surface area contributed by atoms with Crippen LogP contribution in [-0.2, 0) is 4.79 Å². The van der Waals surface area contributed by atoms with Crippen molar-refractivity contribution in [2.75, 3.05) is 0 Å². The number of carbonyl (C=O) groups is 1. The highest BCUT2D eigenvalue weighted by atomic mass is 16.4. The molecule has 0 aromatic rings. The van der Waals surface area contributed by atoms with Gasteiger partial charge in [0.05, 0.1) is 5.92 Å². The monoisotopic (exact) mass is 142 g/mol. The molecule has 0 heterocycles. The third kappa shape index (κ3) is 2.38. The highest BCUT2D eigenvalue weighted by Crippen LogP contribution is 2.34. The molecule has 2 heteroatoms. The van der Waals surface area contributed by atoms with Crippen molar-refractivity contribution < 1.29 is 9.90 Å². The zero-order valence-corrected chi connectivity index (χ0v) is 6.34. The summed E-state index contributed by atoms with van der Waals surface area (Å²) in [6.07, 6.45) is 4.63. The molecule has 0 aromatic heterocycles. The van der Waals surface area contributed by atoms with Crippen LogP contribution < -0.4 is 0 Å². The number of carboxylic acids is 1. The van der Waals surface area contributed by atoms with Crippen LogP contribution in [0.4, 0.5) is 0 Å². The zero-order chi connectivity index (χ0) is 7.56. The smallest absolute Gasteiger partial charge is 0.306 e. The molecular formula is C8H14O2. The van der Waals surface area contributed by atoms with Crippen LogP contribution in [0, 0.1) is 11.8 Å². The summed E-state index contributed by atoms with van der Waals surface area (Å²) in [7, 11) is 0. The molecule has 0 bridgehead atoms. The summed E-state index contributed by atoms with van der Waals surface area (Å²) in [5, 5.41) is 8.52. The Kier molecular flexibility index (Phi) is 2.30. The molecule has 0 radical (unpaired) electrons. The minimum atomic E-state index is -0.652. The maximum absolute atomic E-state index is 10.3. The topological polar surface area (TPSA) is 37.3 Å². The van der Waals surface area contributed by atoms with E-state index in [1.165, 1.54) is 12.8 Å². The Bertz CT molecular complexity index is 127. The number of rotatable bonds is 4. The van der Waals surface area contributed by atoms with Crippen LogP contribution in [0.2, 0.25) is 0 Å². The molecule has 58 valence electrons. The third-order valence-corrected chi connectivity index (χ3v) is 2.13. The third-order valence-electron chi connectivity index (χ3n) is 2.13. The van der Waals surface area contributed by atoms with E-state index in [9.17, 15) is 4.79 Å². The number of aliphatic carboxylic acids is 1. The van der Waals surface area contributed by atoms with Gasteiger partial charge in [0, 0.05) is 0 Å². The highest BCUT2D eigenvalue weighted by molar-refractivity contribution is 5.69. The van der Waals surface area contributed by atoms with E-state index in [1.807, 2.05) is 0 Å². The Morgan fingerprint density at radius 1 is 1.70 bits per heavy atom. The first-order valence-corrected chi connectivity index (χ1v) is 3.93. The van der Waals surface area contributed by atoms with Crippen LogP contribution in [0.1, 0.15) is 32.6 Å².